The van der Waals surface area contributed by atoms with Crippen molar-refractivity contribution in [2.45, 2.75) is 6.10 Å². The van der Waals surface area contributed by atoms with Gasteiger partial charge in [-0.05, 0) is 6.07 Å². The molecule has 5 heteroatoms. The van der Waals surface area contributed by atoms with E-state index in [1.807, 2.05) is 6.07 Å². The number of halogens is 2. The van der Waals surface area contributed by atoms with Gasteiger partial charge in [-0.25, -0.2) is 4.79 Å². The van der Waals surface area contributed by atoms with Crippen molar-refractivity contribution in [2.24, 2.45) is 0 Å². The van der Waals surface area contributed by atoms with E-state index in [9.17, 15) is 4.79 Å². The number of ether oxygens (including phenoxy) is 1. The molecule has 0 saturated heterocycles. The fraction of sp³-hybridized carbons (Fsp3) is 0.300. The molecule has 82 valence electrons. The zero-order valence-electron chi connectivity index (χ0n) is 7.82. The van der Waals surface area contributed by atoms with E-state index >= 15 is 0 Å². The molecule has 15 heavy (non-hydrogen) atoms. The molecule has 1 unspecified atom stereocenters. The Morgan fingerprint density at radius 3 is 2.73 bits per heavy atom. The highest BCUT2D eigenvalue weighted by atomic mass is 79.9. The van der Waals surface area contributed by atoms with E-state index in [1.54, 1.807) is 18.2 Å². The number of alkyl halides is 1. The summed E-state index contributed by atoms with van der Waals surface area (Å²) in [7, 11) is 0. The van der Waals surface area contributed by atoms with Crippen LogP contribution in [0, 0.1) is 0 Å². The minimum absolute atomic E-state index is 0.208. The highest BCUT2D eigenvalue weighted by Gasteiger charge is 2.22. The molecule has 0 amide bonds. The van der Waals surface area contributed by atoms with Crippen LogP contribution in [0.4, 0.5) is 0 Å². The molecule has 0 spiro atoms. The first-order chi connectivity index (χ1) is 7.16. The third-order valence-electron chi connectivity index (χ3n) is 1.77. The summed E-state index contributed by atoms with van der Waals surface area (Å²) in [5.41, 5.74) is 0.593. The quantitative estimate of drug-likeness (QED) is 0.849. The lowest BCUT2D eigenvalue weighted by Gasteiger charge is -2.14. The molecule has 1 N–H and O–H groups in total. The monoisotopic (exact) mass is 292 g/mol. The summed E-state index contributed by atoms with van der Waals surface area (Å²) in [5, 5.41) is 8.99. The maximum absolute atomic E-state index is 11.0. The van der Waals surface area contributed by atoms with E-state index in [4.69, 9.17) is 21.4 Å². The Morgan fingerprint density at radius 1 is 1.53 bits per heavy atom. The number of rotatable bonds is 5. The van der Waals surface area contributed by atoms with E-state index in [-0.39, 0.29) is 12.5 Å². The Bertz CT molecular complexity index is 343. The van der Waals surface area contributed by atoms with Crippen LogP contribution in [0.3, 0.4) is 0 Å². The van der Waals surface area contributed by atoms with Gasteiger partial charge in [-0.2, -0.15) is 0 Å². The van der Waals surface area contributed by atoms with Gasteiger partial charge < -0.3 is 9.84 Å². The Balaban J connectivity index is 2.89. The molecule has 1 aromatic carbocycles. The first kappa shape index (κ1) is 12.5. The molecule has 0 saturated carbocycles. The van der Waals surface area contributed by atoms with E-state index in [2.05, 4.69) is 15.9 Å². The first-order valence-electron chi connectivity index (χ1n) is 4.31. The topological polar surface area (TPSA) is 46.5 Å². The normalized spacial score (nSPS) is 12.4. The van der Waals surface area contributed by atoms with E-state index < -0.39 is 12.1 Å². The van der Waals surface area contributed by atoms with Crippen molar-refractivity contribution in [2.75, 3.05) is 12.5 Å². The van der Waals surface area contributed by atoms with Crippen LogP contribution in [0.1, 0.15) is 11.7 Å². The molecule has 3 nitrogen and oxygen atoms in total. The van der Waals surface area contributed by atoms with Gasteiger partial charge in [-0.15, -0.1) is 11.6 Å². The van der Waals surface area contributed by atoms with Crippen molar-refractivity contribution < 1.29 is 14.6 Å². The Labute approximate surface area is 101 Å². The van der Waals surface area contributed by atoms with Gasteiger partial charge in [0.1, 0.15) is 0 Å². The van der Waals surface area contributed by atoms with Crippen molar-refractivity contribution in [1.82, 2.24) is 0 Å². The number of carboxylic acid groups (broad SMARTS) is 1. The highest BCUT2D eigenvalue weighted by molar-refractivity contribution is 9.10. The molecule has 1 rings (SSSR count). The molecule has 0 heterocycles. The predicted molar refractivity (Wildman–Crippen MR) is 61.2 cm³/mol. The number of carboxylic acids is 1. The second-order valence-corrected chi connectivity index (χ2v) is 4.03. The third kappa shape index (κ3) is 3.48. The maximum Gasteiger partial charge on any atom is 0.337 e. The van der Waals surface area contributed by atoms with Crippen molar-refractivity contribution in [3.63, 3.8) is 0 Å². The minimum atomic E-state index is -1.02. The van der Waals surface area contributed by atoms with Gasteiger partial charge in [-0.1, -0.05) is 34.1 Å². The van der Waals surface area contributed by atoms with Crippen LogP contribution in [0.2, 0.25) is 0 Å². The summed E-state index contributed by atoms with van der Waals surface area (Å²) in [6.45, 7) is 0.208. The molecule has 1 aromatic rings. The average molecular weight is 294 g/mol. The Kier molecular flexibility index (Phi) is 5.08. The highest BCUT2D eigenvalue weighted by Crippen LogP contribution is 2.26. The van der Waals surface area contributed by atoms with Gasteiger partial charge in [0, 0.05) is 15.9 Å². The van der Waals surface area contributed by atoms with Crippen molar-refractivity contribution in [1.29, 1.82) is 0 Å². The largest absolute Gasteiger partial charge is 0.479 e. The molecule has 0 aliphatic rings. The maximum atomic E-state index is 11.0. The molecule has 0 fully saturated rings. The van der Waals surface area contributed by atoms with Gasteiger partial charge in [0.15, 0.2) is 6.10 Å². The summed E-state index contributed by atoms with van der Waals surface area (Å²) >= 11 is 8.73. The summed E-state index contributed by atoms with van der Waals surface area (Å²) in [4.78, 5) is 11.0. The predicted octanol–water partition coefficient (Wildman–Crippen LogP) is 2.83. The van der Waals surface area contributed by atoms with E-state index in [1.165, 1.54) is 0 Å². The van der Waals surface area contributed by atoms with Gasteiger partial charge in [-0.3, -0.25) is 0 Å². The van der Waals surface area contributed by atoms with Gasteiger partial charge in [0.2, 0.25) is 0 Å². The lowest BCUT2D eigenvalue weighted by molar-refractivity contribution is -0.150. The van der Waals surface area contributed by atoms with Crippen molar-refractivity contribution in [3.05, 3.63) is 34.3 Å². The molecule has 0 bridgehead atoms. The summed E-state index contributed by atoms with van der Waals surface area (Å²) < 4.78 is 5.87. The number of benzene rings is 1. The first-order valence-corrected chi connectivity index (χ1v) is 5.64. The third-order valence-corrected chi connectivity index (χ3v) is 2.65. The molecule has 0 radical (unpaired) electrons. The summed E-state index contributed by atoms with van der Waals surface area (Å²) in [6.07, 6.45) is -0.973. The number of aliphatic carboxylic acids is 1. The molecular formula is C10H10BrClO3. The van der Waals surface area contributed by atoms with E-state index in [0.29, 0.717) is 10.0 Å². The molecular weight excluding hydrogens is 283 g/mol. The Morgan fingerprint density at radius 2 is 2.20 bits per heavy atom. The minimum Gasteiger partial charge on any atom is -0.479 e. The second-order valence-electron chi connectivity index (χ2n) is 2.80. The summed E-state index contributed by atoms with van der Waals surface area (Å²) in [6, 6.07) is 7.06. The zero-order valence-corrected chi connectivity index (χ0v) is 10.2. The van der Waals surface area contributed by atoms with Crippen LogP contribution >= 0.6 is 27.5 Å². The molecule has 0 aliphatic carbocycles. The second kappa shape index (κ2) is 6.10. The summed E-state index contributed by atoms with van der Waals surface area (Å²) in [5.74, 6) is -0.749. The van der Waals surface area contributed by atoms with E-state index in [0.717, 1.165) is 0 Å². The SMILES string of the molecule is O=C(O)C(OCCCl)c1ccccc1Br. The lowest BCUT2D eigenvalue weighted by Crippen LogP contribution is -2.16. The standard InChI is InChI=1S/C10H10BrClO3/c11-8-4-2-1-3-7(8)9(10(13)14)15-6-5-12/h1-4,9H,5-6H2,(H,13,14). The number of hydrogen-bond acceptors (Lipinski definition) is 2. The van der Waals surface area contributed by atoms with Gasteiger partial charge in [0.25, 0.3) is 0 Å². The number of carbonyl (C=O) groups is 1. The van der Waals surface area contributed by atoms with Crippen LogP contribution in [-0.4, -0.2) is 23.6 Å². The molecule has 0 aliphatic heterocycles. The average Bonchev–Trinajstić information content (AvgIpc) is 2.20. The van der Waals surface area contributed by atoms with Gasteiger partial charge in [0.05, 0.1) is 6.61 Å². The zero-order chi connectivity index (χ0) is 11.3. The Hall–Kier alpha value is -0.580. The molecule has 1 atom stereocenters. The van der Waals surface area contributed by atoms with Gasteiger partial charge >= 0.3 is 5.97 Å². The lowest BCUT2D eigenvalue weighted by atomic mass is 10.1. The molecule has 0 aromatic heterocycles. The fourth-order valence-corrected chi connectivity index (χ4v) is 1.73. The van der Waals surface area contributed by atoms with Crippen LogP contribution in [-0.2, 0) is 9.53 Å². The smallest absolute Gasteiger partial charge is 0.337 e. The fourth-order valence-electron chi connectivity index (χ4n) is 1.14. The number of hydrogen-bond donors (Lipinski definition) is 1. The van der Waals surface area contributed by atoms with Crippen LogP contribution in [0.15, 0.2) is 28.7 Å². The van der Waals surface area contributed by atoms with Crippen LogP contribution in [0.25, 0.3) is 0 Å². The van der Waals surface area contributed by atoms with Crippen LogP contribution in [0.5, 0.6) is 0 Å². The van der Waals surface area contributed by atoms with Crippen molar-refractivity contribution in [3.8, 4) is 0 Å². The van der Waals surface area contributed by atoms with Crippen LogP contribution < -0.4 is 0 Å². The van der Waals surface area contributed by atoms with Crippen molar-refractivity contribution >= 4 is 33.5 Å².